The minimum atomic E-state index is -0.770. The summed E-state index contributed by atoms with van der Waals surface area (Å²) in [5.74, 6) is 3.43. The predicted octanol–water partition coefficient (Wildman–Crippen LogP) is 1.59. The number of benzene rings is 2. The van der Waals surface area contributed by atoms with Crippen molar-refractivity contribution in [2.75, 3.05) is 5.32 Å². The minimum Gasteiger partial charge on any atom is -0.373 e. The molecule has 3 N–H and O–H groups in total. The maximum absolute atomic E-state index is 11.5. The first-order valence-electron chi connectivity index (χ1n) is 5.37. The molecule has 0 aliphatic carbocycles. The molecule has 0 saturated carbocycles. The quantitative estimate of drug-likeness (QED) is 0.634. The summed E-state index contributed by atoms with van der Waals surface area (Å²) >= 11 is 0. The highest BCUT2D eigenvalue weighted by Gasteiger charge is 2.10. The fourth-order valence-corrected chi connectivity index (χ4v) is 1.65. The van der Waals surface area contributed by atoms with Gasteiger partial charge in [0.2, 0.25) is 5.91 Å². The van der Waals surface area contributed by atoms with Gasteiger partial charge in [0.05, 0.1) is 0 Å². The van der Waals surface area contributed by atoms with E-state index in [2.05, 4.69) is 16.1 Å². The van der Waals surface area contributed by atoms with Gasteiger partial charge < -0.3 is 10.2 Å². The average Bonchev–Trinajstić information content (AvgIpc) is 2.38. The molecule has 0 spiro atoms. The fourth-order valence-electron chi connectivity index (χ4n) is 1.65. The molecule has 92 valence electrons. The Morgan fingerprint density at radius 1 is 1.11 bits per heavy atom. The summed E-state index contributed by atoms with van der Waals surface area (Å²) in [6.07, 6.45) is -0.399. The normalized spacial score (nSPS) is 10.1. The second kappa shape index (κ2) is 5.29. The molecule has 0 aliphatic rings. The van der Waals surface area contributed by atoms with Crippen LogP contribution in [0.2, 0.25) is 0 Å². The van der Waals surface area contributed by atoms with Gasteiger partial charge in [-0.05, 0) is 22.9 Å². The smallest absolute Gasteiger partial charge is 0.333 e. The van der Waals surface area contributed by atoms with Crippen LogP contribution in [0.15, 0.2) is 42.5 Å². The molecule has 0 atom stereocenters. The van der Waals surface area contributed by atoms with Gasteiger partial charge in [0.1, 0.15) is 6.42 Å². The molecule has 0 saturated heterocycles. The van der Waals surface area contributed by atoms with Crippen molar-refractivity contribution in [3.63, 3.8) is 0 Å². The highest BCUT2D eigenvalue weighted by molar-refractivity contribution is 6.02. The molecule has 0 unspecified atom stereocenters. The first kappa shape index (κ1) is 12.1. The molecule has 2 aromatic rings. The van der Waals surface area contributed by atoms with Crippen LogP contribution in [0.4, 0.5) is 5.69 Å². The van der Waals surface area contributed by atoms with Crippen molar-refractivity contribution in [2.24, 2.45) is 5.90 Å². The molecule has 2 rings (SSSR count). The Kier molecular flexibility index (Phi) is 3.54. The van der Waals surface area contributed by atoms with E-state index in [1.807, 2.05) is 36.4 Å². The second-order valence-corrected chi connectivity index (χ2v) is 3.78. The Morgan fingerprint density at radius 2 is 1.83 bits per heavy atom. The maximum atomic E-state index is 11.5. The van der Waals surface area contributed by atoms with E-state index in [0.29, 0.717) is 5.69 Å². The lowest BCUT2D eigenvalue weighted by atomic mass is 10.1. The van der Waals surface area contributed by atoms with Crippen LogP contribution >= 0.6 is 0 Å². The third-order valence-corrected chi connectivity index (χ3v) is 2.47. The highest BCUT2D eigenvalue weighted by atomic mass is 16.7. The maximum Gasteiger partial charge on any atom is 0.333 e. The zero-order valence-electron chi connectivity index (χ0n) is 9.55. The molecule has 18 heavy (non-hydrogen) atoms. The van der Waals surface area contributed by atoms with Crippen LogP contribution < -0.4 is 11.2 Å². The molecule has 0 aliphatic heterocycles. The van der Waals surface area contributed by atoms with Crippen molar-refractivity contribution >= 4 is 28.3 Å². The Morgan fingerprint density at radius 3 is 2.56 bits per heavy atom. The highest BCUT2D eigenvalue weighted by Crippen LogP contribution is 2.18. The third-order valence-electron chi connectivity index (χ3n) is 2.47. The molecule has 0 radical (unpaired) electrons. The standard InChI is InChI=1S/C13H12N2O3/c14-18-13(17)8-12(16)15-11-6-5-9-3-1-2-4-10(9)7-11/h1-7H,8,14H2,(H,15,16). The van der Waals surface area contributed by atoms with Crippen LogP contribution in [0.5, 0.6) is 0 Å². The van der Waals surface area contributed by atoms with Gasteiger partial charge in [0, 0.05) is 5.69 Å². The van der Waals surface area contributed by atoms with E-state index in [-0.39, 0.29) is 0 Å². The number of hydrogen-bond acceptors (Lipinski definition) is 4. The van der Waals surface area contributed by atoms with Crippen LogP contribution in [0.3, 0.4) is 0 Å². The number of hydrogen-bond donors (Lipinski definition) is 2. The van der Waals surface area contributed by atoms with Gasteiger partial charge in [-0.2, -0.15) is 5.90 Å². The number of anilines is 1. The lowest BCUT2D eigenvalue weighted by Crippen LogP contribution is -2.20. The molecule has 0 heterocycles. The lowest BCUT2D eigenvalue weighted by molar-refractivity contribution is -0.146. The first-order valence-corrected chi connectivity index (χ1v) is 5.37. The summed E-state index contributed by atoms with van der Waals surface area (Å²) < 4.78 is 0. The van der Waals surface area contributed by atoms with E-state index in [1.165, 1.54) is 0 Å². The molecule has 0 fully saturated rings. The largest absolute Gasteiger partial charge is 0.373 e. The van der Waals surface area contributed by atoms with E-state index < -0.39 is 18.3 Å². The van der Waals surface area contributed by atoms with Gasteiger partial charge in [-0.1, -0.05) is 30.3 Å². The van der Waals surface area contributed by atoms with Crippen molar-refractivity contribution in [1.29, 1.82) is 0 Å². The van der Waals surface area contributed by atoms with E-state index in [4.69, 9.17) is 0 Å². The summed E-state index contributed by atoms with van der Waals surface area (Å²) in [7, 11) is 0. The molecule has 0 aromatic heterocycles. The summed E-state index contributed by atoms with van der Waals surface area (Å²) in [5.41, 5.74) is 0.628. The fraction of sp³-hybridized carbons (Fsp3) is 0.0769. The number of nitrogens with two attached hydrogens (primary N) is 1. The molecular formula is C13H12N2O3. The van der Waals surface area contributed by atoms with Gasteiger partial charge in [-0.25, -0.2) is 4.79 Å². The van der Waals surface area contributed by atoms with E-state index in [1.54, 1.807) is 6.07 Å². The van der Waals surface area contributed by atoms with Crippen molar-refractivity contribution in [1.82, 2.24) is 0 Å². The van der Waals surface area contributed by atoms with E-state index in [9.17, 15) is 9.59 Å². The predicted molar refractivity (Wildman–Crippen MR) is 67.5 cm³/mol. The molecule has 2 aromatic carbocycles. The zero-order valence-corrected chi connectivity index (χ0v) is 9.55. The minimum absolute atomic E-state index is 0.399. The second-order valence-electron chi connectivity index (χ2n) is 3.78. The summed E-state index contributed by atoms with van der Waals surface area (Å²) in [6.45, 7) is 0. The topological polar surface area (TPSA) is 81.4 Å². The Bertz CT molecular complexity index is 596. The summed E-state index contributed by atoms with van der Waals surface area (Å²) in [5, 5.41) is 4.70. The van der Waals surface area contributed by atoms with Crippen LogP contribution in [0.25, 0.3) is 10.8 Å². The average molecular weight is 244 g/mol. The molecule has 5 nitrogen and oxygen atoms in total. The third kappa shape index (κ3) is 2.83. The van der Waals surface area contributed by atoms with Gasteiger partial charge in [-0.15, -0.1) is 0 Å². The van der Waals surface area contributed by atoms with Gasteiger partial charge in [0.25, 0.3) is 0 Å². The molecule has 1 amide bonds. The van der Waals surface area contributed by atoms with E-state index in [0.717, 1.165) is 10.8 Å². The SMILES string of the molecule is NOC(=O)CC(=O)Nc1ccc2ccccc2c1. The first-order chi connectivity index (χ1) is 8.69. The summed E-state index contributed by atoms with van der Waals surface area (Å²) in [6, 6.07) is 13.3. The van der Waals surface area contributed by atoms with Crippen LogP contribution in [-0.2, 0) is 14.4 Å². The number of nitrogens with one attached hydrogen (secondary N) is 1. The van der Waals surface area contributed by atoms with Gasteiger partial charge >= 0.3 is 5.97 Å². The van der Waals surface area contributed by atoms with Crippen molar-refractivity contribution in [3.05, 3.63) is 42.5 Å². The monoisotopic (exact) mass is 244 g/mol. The lowest BCUT2D eigenvalue weighted by Gasteiger charge is -2.05. The van der Waals surface area contributed by atoms with Crippen molar-refractivity contribution in [2.45, 2.75) is 6.42 Å². The van der Waals surface area contributed by atoms with Crippen molar-refractivity contribution < 1.29 is 14.4 Å². The van der Waals surface area contributed by atoms with Crippen LogP contribution in [0, 0.1) is 0 Å². The van der Waals surface area contributed by atoms with E-state index >= 15 is 0 Å². The summed E-state index contributed by atoms with van der Waals surface area (Å²) in [4.78, 5) is 26.2. The zero-order chi connectivity index (χ0) is 13.0. The number of carbonyl (C=O) groups is 2. The number of rotatable bonds is 3. The van der Waals surface area contributed by atoms with Crippen LogP contribution in [-0.4, -0.2) is 11.9 Å². The van der Waals surface area contributed by atoms with Crippen LogP contribution in [0.1, 0.15) is 6.42 Å². The number of fused-ring (bicyclic) bond motifs is 1. The molecular weight excluding hydrogens is 232 g/mol. The Hall–Kier alpha value is -2.40. The molecule has 0 bridgehead atoms. The molecule has 5 heteroatoms. The Labute approximate surface area is 103 Å². The Balaban J connectivity index is 2.12. The van der Waals surface area contributed by atoms with Crippen molar-refractivity contribution in [3.8, 4) is 0 Å². The number of amides is 1. The van der Waals surface area contributed by atoms with Gasteiger partial charge in [-0.3, -0.25) is 4.79 Å². The number of carbonyl (C=O) groups excluding carboxylic acids is 2. The van der Waals surface area contributed by atoms with Gasteiger partial charge in [0.15, 0.2) is 0 Å².